The number of hydrogen-bond acceptors (Lipinski definition) is 4. The molecule has 0 bridgehead atoms. The predicted molar refractivity (Wildman–Crippen MR) is 99.8 cm³/mol. The molecule has 138 valence electrons. The summed E-state index contributed by atoms with van der Waals surface area (Å²) in [6.45, 7) is 4.73. The van der Waals surface area contributed by atoms with Crippen LogP contribution in [0.15, 0.2) is 23.2 Å². The highest BCUT2D eigenvalue weighted by molar-refractivity contribution is 5.90. The van der Waals surface area contributed by atoms with Crippen LogP contribution in [0, 0.1) is 12.8 Å². The maximum Gasteiger partial charge on any atom is 0.227 e. The molecule has 0 aromatic carbocycles. The van der Waals surface area contributed by atoms with Gasteiger partial charge in [0.25, 0.3) is 0 Å². The minimum absolute atomic E-state index is 0.0727. The average Bonchev–Trinajstić information content (AvgIpc) is 3.40. The quantitative estimate of drug-likeness (QED) is 0.403. The number of nitrogens with zero attached hydrogens (tertiary/aromatic N) is 3. The highest BCUT2D eigenvalue weighted by Crippen LogP contribution is 2.28. The van der Waals surface area contributed by atoms with Crippen molar-refractivity contribution < 1.29 is 9.53 Å². The van der Waals surface area contributed by atoms with Crippen molar-refractivity contribution >= 4 is 17.7 Å². The van der Waals surface area contributed by atoms with E-state index in [1.54, 1.807) is 13.1 Å². The molecule has 0 unspecified atom stereocenters. The maximum atomic E-state index is 12.0. The molecule has 1 fully saturated rings. The Morgan fingerprint density at radius 3 is 2.92 bits per heavy atom. The molecule has 1 amide bonds. The van der Waals surface area contributed by atoms with E-state index in [1.807, 2.05) is 31.0 Å². The summed E-state index contributed by atoms with van der Waals surface area (Å²) >= 11 is 0. The van der Waals surface area contributed by atoms with Gasteiger partial charge in [0.05, 0.1) is 6.61 Å². The normalized spacial score (nSPS) is 14.3. The van der Waals surface area contributed by atoms with E-state index in [0.29, 0.717) is 25.4 Å². The molecular weight excluding hydrogens is 318 g/mol. The summed E-state index contributed by atoms with van der Waals surface area (Å²) in [6, 6.07) is 5.55. The molecule has 0 atom stereocenters. The van der Waals surface area contributed by atoms with Gasteiger partial charge in [-0.05, 0) is 37.8 Å². The first-order valence-corrected chi connectivity index (χ1v) is 8.81. The summed E-state index contributed by atoms with van der Waals surface area (Å²) in [6.07, 6.45) is 2.96. The Hall–Kier alpha value is -2.15. The van der Waals surface area contributed by atoms with Crippen LogP contribution in [-0.2, 0) is 9.53 Å². The average molecular weight is 347 g/mol. The van der Waals surface area contributed by atoms with Gasteiger partial charge in [-0.2, -0.15) is 0 Å². The Labute approximate surface area is 149 Å². The Bertz CT molecular complexity index is 587. The van der Waals surface area contributed by atoms with Crippen LogP contribution < -0.4 is 10.6 Å². The molecule has 7 nitrogen and oxygen atoms in total. The number of guanidine groups is 1. The SMILES string of the molecule is CN=C(NCCC(=O)Nc1cccc(C)n1)N(C)CCOCC1CC1. The summed E-state index contributed by atoms with van der Waals surface area (Å²) in [5.41, 5.74) is 0.877. The van der Waals surface area contributed by atoms with Crippen molar-refractivity contribution in [3.63, 3.8) is 0 Å². The first-order valence-electron chi connectivity index (χ1n) is 8.81. The molecule has 0 saturated heterocycles. The third-order valence-electron chi connectivity index (χ3n) is 3.99. The fraction of sp³-hybridized carbons (Fsp3) is 0.611. The number of ether oxygens (including phenoxy) is 1. The van der Waals surface area contributed by atoms with E-state index in [4.69, 9.17) is 4.74 Å². The van der Waals surface area contributed by atoms with E-state index in [2.05, 4.69) is 20.6 Å². The molecule has 2 N–H and O–H groups in total. The van der Waals surface area contributed by atoms with Gasteiger partial charge in [0.15, 0.2) is 5.96 Å². The largest absolute Gasteiger partial charge is 0.379 e. The molecule has 25 heavy (non-hydrogen) atoms. The van der Waals surface area contributed by atoms with Crippen molar-refractivity contribution in [2.75, 3.05) is 45.7 Å². The van der Waals surface area contributed by atoms with Crippen molar-refractivity contribution in [2.45, 2.75) is 26.2 Å². The number of aromatic nitrogens is 1. The van der Waals surface area contributed by atoms with Crippen LogP contribution in [0.4, 0.5) is 5.82 Å². The molecule has 1 saturated carbocycles. The van der Waals surface area contributed by atoms with Crippen LogP contribution in [0.3, 0.4) is 0 Å². The van der Waals surface area contributed by atoms with Gasteiger partial charge in [0, 0.05) is 45.9 Å². The van der Waals surface area contributed by atoms with Gasteiger partial charge in [-0.3, -0.25) is 9.79 Å². The Morgan fingerprint density at radius 2 is 2.24 bits per heavy atom. The first kappa shape index (κ1) is 19.2. The second kappa shape index (κ2) is 9.98. The number of amides is 1. The number of hydrogen-bond donors (Lipinski definition) is 2. The van der Waals surface area contributed by atoms with E-state index in [1.165, 1.54) is 12.8 Å². The van der Waals surface area contributed by atoms with Crippen molar-refractivity contribution in [1.29, 1.82) is 0 Å². The first-order chi connectivity index (χ1) is 12.1. The highest BCUT2D eigenvalue weighted by atomic mass is 16.5. The van der Waals surface area contributed by atoms with E-state index in [0.717, 1.165) is 30.7 Å². The van der Waals surface area contributed by atoms with Crippen molar-refractivity contribution in [2.24, 2.45) is 10.9 Å². The zero-order valence-electron chi connectivity index (χ0n) is 15.4. The van der Waals surface area contributed by atoms with Gasteiger partial charge >= 0.3 is 0 Å². The molecule has 1 aliphatic carbocycles. The topological polar surface area (TPSA) is 78.8 Å². The summed E-state index contributed by atoms with van der Waals surface area (Å²) in [5.74, 6) is 2.05. The Balaban J connectivity index is 1.62. The van der Waals surface area contributed by atoms with Crippen LogP contribution in [0.25, 0.3) is 0 Å². The smallest absolute Gasteiger partial charge is 0.227 e. The lowest BCUT2D eigenvalue weighted by Gasteiger charge is -2.22. The van der Waals surface area contributed by atoms with Gasteiger partial charge in [-0.25, -0.2) is 4.98 Å². The molecule has 1 heterocycles. The lowest BCUT2D eigenvalue weighted by Crippen LogP contribution is -2.41. The van der Waals surface area contributed by atoms with Crippen LogP contribution in [0.2, 0.25) is 0 Å². The van der Waals surface area contributed by atoms with E-state index in [9.17, 15) is 4.79 Å². The number of likely N-dealkylation sites (N-methyl/N-ethyl adjacent to an activating group) is 1. The summed E-state index contributed by atoms with van der Waals surface area (Å²) in [5, 5.41) is 6.00. The molecule has 1 aliphatic rings. The van der Waals surface area contributed by atoms with E-state index in [-0.39, 0.29) is 5.91 Å². The molecule has 2 rings (SSSR count). The van der Waals surface area contributed by atoms with Crippen LogP contribution in [0.1, 0.15) is 25.0 Å². The van der Waals surface area contributed by atoms with Crippen LogP contribution >= 0.6 is 0 Å². The van der Waals surface area contributed by atoms with Crippen molar-refractivity contribution in [3.8, 4) is 0 Å². The number of aliphatic imine (C=N–C) groups is 1. The van der Waals surface area contributed by atoms with Crippen molar-refractivity contribution in [1.82, 2.24) is 15.2 Å². The van der Waals surface area contributed by atoms with Gasteiger partial charge < -0.3 is 20.3 Å². The Morgan fingerprint density at radius 1 is 1.44 bits per heavy atom. The molecule has 1 aromatic heterocycles. The van der Waals surface area contributed by atoms with Gasteiger partial charge in [0.2, 0.25) is 5.91 Å². The standard InChI is InChI=1S/C18H29N5O2/c1-14-5-4-6-16(21-14)22-17(24)9-10-20-18(19-2)23(3)11-12-25-13-15-7-8-15/h4-6,15H,7-13H2,1-3H3,(H,19,20)(H,21,22,24). The maximum absolute atomic E-state index is 12.0. The van der Waals surface area contributed by atoms with Crippen LogP contribution in [-0.4, -0.2) is 62.1 Å². The molecule has 0 radical (unpaired) electrons. The molecule has 0 spiro atoms. The summed E-state index contributed by atoms with van der Waals surface area (Å²) in [7, 11) is 3.70. The fourth-order valence-electron chi connectivity index (χ4n) is 2.33. The van der Waals surface area contributed by atoms with E-state index >= 15 is 0 Å². The second-order valence-electron chi connectivity index (χ2n) is 6.38. The lowest BCUT2D eigenvalue weighted by molar-refractivity contribution is -0.116. The third-order valence-corrected chi connectivity index (χ3v) is 3.99. The monoisotopic (exact) mass is 347 g/mol. The number of carbonyl (C=O) groups is 1. The van der Waals surface area contributed by atoms with Crippen molar-refractivity contribution in [3.05, 3.63) is 23.9 Å². The number of aryl methyl sites for hydroxylation is 1. The molecule has 7 heteroatoms. The predicted octanol–water partition coefficient (Wildman–Crippen LogP) is 1.65. The summed E-state index contributed by atoms with van der Waals surface area (Å²) < 4.78 is 5.65. The minimum atomic E-state index is -0.0727. The summed E-state index contributed by atoms with van der Waals surface area (Å²) in [4.78, 5) is 22.5. The second-order valence-corrected chi connectivity index (χ2v) is 6.38. The Kier molecular flexibility index (Phi) is 7.66. The number of carbonyl (C=O) groups excluding carboxylic acids is 1. The molecule has 0 aliphatic heterocycles. The number of anilines is 1. The number of rotatable bonds is 9. The third kappa shape index (κ3) is 7.51. The van der Waals surface area contributed by atoms with Gasteiger partial charge in [-0.1, -0.05) is 6.07 Å². The number of pyridine rings is 1. The molecule has 1 aromatic rings. The van der Waals surface area contributed by atoms with Gasteiger partial charge in [0.1, 0.15) is 5.82 Å². The zero-order chi connectivity index (χ0) is 18.1. The molecular formula is C18H29N5O2. The van der Waals surface area contributed by atoms with E-state index < -0.39 is 0 Å². The fourth-order valence-corrected chi connectivity index (χ4v) is 2.33. The lowest BCUT2D eigenvalue weighted by atomic mass is 10.3. The van der Waals surface area contributed by atoms with Gasteiger partial charge in [-0.15, -0.1) is 0 Å². The minimum Gasteiger partial charge on any atom is -0.379 e. The van der Waals surface area contributed by atoms with Crippen LogP contribution in [0.5, 0.6) is 0 Å². The number of nitrogens with one attached hydrogen (secondary N) is 2. The highest BCUT2D eigenvalue weighted by Gasteiger charge is 2.21. The zero-order valence-corrected chi connectivity index (χ0v) is 15.4.